The Morgan fingerprint density at radius 1 is 1.47 bits per heavy atom. The number of nitrogens with two attached hydrogens (primary N) is 2. The van der Waals surface area contributed by atoms with Gasteiger partial charge in [0.2, 0.25) is 11.8 Å². The van der Waals surface area contributed by atoms with E-state index in [2.05, 4.69) is 5.32 Å². The highest BCUT2D eigenvalue weighted by molar-refractivity contribution is 7.91. The number of rotatable bonds is 4. The molecule has 0 bridgehead atoms. The molecule has 98 valence electrons. The first-order chi connectivity index (χ1) is 7.64. The van der Waals surface area contributed by atoms with Gasteiger partial charge in [0.05, 0.1) is 29.5 Å². The average Bonchev–Trinajstić information content (AvgIpc) is 2.39. The molecule has 1 fully saturated rings. The van der Waals surface area contributed by atoms with Crippen LogP contribution in [-0.4, -0.2) is 43.3 Å². The van der Waals surface area contributed by atoms with Gasteiger partial charge in [0.25, 0.3) is 0 Å². The largest absolute Gasteiger partial charge is 0.370 e. The van der Waals surface area contributed by atoms with Crippen molar-refractivity contribution in [2.75, 3.05) is 11.5 Å². The van der Waals surface area contributed by atoms with Crippen LogP contribution in [-0.2, 0) is 19.4 Å². The van der Waals surface area contributed by atoms with E-state index in [0.29, 0.717) is 6.42 Å². The van der Waals surface area contributed by atoms with Crippen LogP contribution in [0.2, 0.25) is 0 Å². The van der Waals surface area contributed by atoms with Crippen LogP contribution in [0.15, 0.2) is 0 Å². The molecule has 1 rings (SSSR count). The van der Waals surface area contributed by atoms with Crippen molar-refractivity contribution in [1.82, 2.24) is 5.32 Å². The standard InChI is InChI=1S/C9H17N3O4S/c1-9(2-3-17(15,16)5-9)12-8(14)6(10)4-7(11)13/h6H,2-5,10H2,1H3,(H2,11,13)(H,12,14). The molecule has 1 aliphatic heterocycles. The van der Waals surface area contributed by atoms with Gasteiger partial charge in [-0.3, -0.25) is 9.59 Å². The Morgan fingerprint density at radius 3 is 2.47 bits per heavy atom. The number of carbonyl (C=O) groups is 2. The lowest BCUT2D eigenvalue weighted by molar-refractivity contribution is -0.127. The summed E-state index contributed by atoms with van der Waals surface area (Å²) in [6.45, 7) is 1.65. The third-order valence-electron chi connectivity index (χ3n) is 2.69. The maximum absolute atomic E-state index is 11.6. The predicted molar refractivity (Wildman–Crippen MR) is 61.6 cm³/mol. The Kier molecular flexibility index (Phi) is 3.78. The number of carbonyl (C=O) groups excluding carboxylic acids is 2. The molecule has 0 aliphatic carbocycles. The van der Waals surface area contributed by atoms with Crippen molar-refractivity contribution in [1.29, 1.82) is 0 Å². The van der Waals surface area contributed by atoms with Crippen molar-refractivity contribution >= 4 is 21.7 Å². The molecule has 0 aromatic carbocycles. The maximum Gasteiger partial charge on any atom is 0.237 e. The third kappa shape index (κ3) is 3.97. The topological polar surface area (TPSA) is 132 Å². The summed E-state index contributed by atoms with van der Waals surface area (Å²) in [5.41, 5.74) is 9.58. The second-order valence-electron chi connectivity index (χ2n) is 4.67. The molecule has 1 aliphatic rings. The molecule has 17 heavy (non-hydrogen) atoms. The van der Waals surface area contributed by atoms with Crippen LogP contribution in [0.3, 0.4) is 0 Å². The minimum absolute atomic E-state index is 0.0504. The highest BCUT2D eigenvalue weighted by Crippen LogP contribution is 2.22. The van der Waals surface area contributed by atoms with Crippen LogP contribution in [0.5, 0.6) is 0 Å². The molecule has 0 aromatic rings. The van der Waals surface area contributed by atoms with Crippen molar-refractivity contribution in [2.45, 2.75) is 31.3 Å². The Labute approximate surface area is 99.8 Å². The van der Waals surface area contributed by atoms with Gasteiger partial charge in [-0.2, -0.15) is 0 Å². The van der Waals surface area contributed by atoms with Crippen molar-refractivity contribution < 1.29 is 18.0 Å². The first-order valence-corrected chi connectivity index (χ1v) is 7.02. The fourth-order valence-electron chi connectivity index (χ4n) is 1.81. The van der Waals surface area contributed by atoms with E-state index in [1.165, 1.54) is 0 Å². The van der Waals surface area contributed by atoms with E-state index in [4.69, 9.17) is 11.5 Å². The highest BCUT2D eigenvalue weighted by atomic mass is 32.2. The minimum atomic E-state index is -3.10. The zero-order valence-corrected chi connectivity index (χ0v) is 10.4. The first kappa shape index (κ1) is 13.9. The first-order valence-electron chi connectivity index (χ1n) is 5.20. The molecule has 0 radical (unpaired) electrons. The summed E-state index contributed by atoms with van der Waals surface area (Å²) >= 11 is 0. The molecular weight excluding hydrogens is 246 g/mol. The van der Waals surface area contributed by atoms with Gasteiger partial charge in [0.15, 0.2) is 9.84 Å². The average molecular weight is 263 g/mol. The van der Waals surface area contributed by atoms with E-state index < -0.39 is 33.2 Å². The molecule has 5 N–H and O–H groups in total. The number of sulfone groups is 1. The molecule has 1 heterocycles. The van der Waals surface area contributed by atoms with E-state index in [1.54, 1.807) is 6.92 Å². The molecule has 8 heteroatoms. The number of hydrogen-bond acceptors (Lipinski definition) is 5. The van der Waals surface area contributed by atoms with Gasteiger partial charge in [-0.15, -0.1) is 0 Å². The Morgan fingerprint density at radius 2 is 2.06 bits per heavy atom. The lowest BCUT2D eigenvalue weighted by Gasteiger charge is -2.25. The number of hydrogen-bond donors (Lipinski definition) is 3. The summed E-state index contributed by atoms with van der Waals surface area (Å²) in [7, 11) is -3.10. The van der Waals surface area contributed by atoms with Crippen LogP contribution in [0, 0.1) is 0 Å². The van der Waals surface area contributed by atoms with Crippen LogP contribution < -0.4 is 16.8 Å². The summed E-state index contributed by atoms with van der Waals surface area (Å²) in [6.07, 6.45) is 0.0963. The monoisotopic (exact) mass is 263 g/mol. The van der Waals surface area contributed by atoms with Crippen molar-refractivity contribution in [2.24, 2.45) is 11.5 Å². The third-order valence-corrected chi connectivity index (χ3v) is 4.59. The SMILES string of the molecule is CC1(NC(=O)C(N)CC(N)=O)CCS(=O)(=O)C1. The smallest absolute Gasteiger partial charge is 0.237 e. The Hall–Kier alpha value is -1.15. The normalized spacial score (nSPS) is 28.6. The van der Waals surface area contributed by atoms with E-state index in [-0.39, 0.29) is 17.9 Å². The molecule has 1 saturated heterocycles. The molecular formula is C9H17N3O4S. The number of nitrogens with one attached hydrogen (secondary N) is 1. The van der Waals surface area contributed by atoms with Crippen molar-refractivity contribution in [3.63, 3.8) is 0 Å². The highest BCUT2D eigenvalue weighted by Gasteiger charge is 2.40. The Bertz CT molecular complexity index is 434. The van der Waals surface area contributed by atoms with Crippen LogP contribution >= 0.6 is 0 Å². The van der Waals surface area contributed by atoms with Crippen molar-refractivity contribution in [3.8, 4) is 0 Å². The maximum atomic E-state index is 11.6. The van der Waals surface area contributed by atoms with Crippen molar-refractivity contribution in [3.05, 3.63) is 0 Å². The second kappa shape index (κ2) is 4.61. The van der Waals surface area contributed by atoms with Gasteiger partial charge in [-0.25, -0.2) is 8.42 Å². The summed E-state index contributed by atoms with van der Waals surface area (Å²) < 4.78 is 22.6. The van der Waals surface area contributed by atoms with Gasteiger partial charge in [0, 0.05) is 0 Å². The van der Waals surface area contributed by atoms with E-state index >= 15 is 0 Å². The lowest BCUT2D eigenvalue weighted by atomic mass is 10.0. The summed E-state index contributed by atoms with van der Waals surface area (Å²) in [5.74, 6) is -1.27. The van der Waals surface area contributed by atoms with E-state index in [9.17, 15) is 18.0 Å². The van der Waals surface area contributed by atoms with Gasteiger partial charge >= 0.3 is 0 Å². The molecule has 0 saturated carbocycles. The molecule has 0 aromatic heterocycles. The molecule has 2 unspecified atom stereocenters. The number of primary amides is 1. The zero-order valence-electron chi connectivity index (χ0n) is 9.60. The van der Waals surface area contributed by atoms with Crippen LogP contribution in [0.4, 0.5) is 0 Å². The molecule has 0 spiro atoms. The van der Waals surface area contributed by atoms with Crippen LogP contribution in [0.1, 0.15) is 19.8 Å². The summed E-state index contributed by atoms with van der Waals surface area (Å²) in [5, 5.41) is 2.57. The van der Waals surface area contributed by atoms with E-state index in [0.717, 1.165) is 0 Å². The zero-order chi connectivity index (χ0) is 13.3. The van der Waals surface area contributed by atoms with Gasteiger partial charge in [-0.05, 0) is 13.3 Å². The predicted octanol–water partition coefficient (Wildman–Crippen LogP) is -2.12. The summed E-state index contributed by atoms with van der Waals surface area (Å²) in [6, 6.07) is -1.03. The fourth-order valence-corrected chi connectivity index (χ4v) is 3.90. The van der Waals surface area contributed by atoms with Gasteiger partial charge < -0.3 is 16.8 Å². The number of amides is 2. The van der Waals surface area contributed by atoms with Crippen LogP contribution in [0.25, 0.3) is 0 Å². The van der Waals surface area contributed by atoms with E-state index in [1.807, 2.05) is 0 Å². The minimum Gasteiger partial charge on any atom is -0.370 e. The molecule has 7 nitrogen and oxygen atoms in total. The van der Waals surface area contributed by atoms with Gasteiger partial charge in [0.1, 0.15) is 0 Å². The molecule has 2 atom stereocenters. The summed E-state index contributed by atoms with van der Waals surface area (Å²) in [4.78, 5) is 22.2. The Balaban J connectivity index is 2.60. The quantitative estimate of drug-likeness (QED) is 0.533. The lowest BCUT2D eigenvalue weighted by Crippen LogP contribution is -2.53. The second-order valence-corrected chi connectivity index (χ2v) is 6.85. The fraction of sp³-hybridized carbons (Fsp3) is 0.778. The molecule has 2 amide bonds. The van der Waals surface area contributed by atoms with Gasteiger partial charge in [-0.1, -0.05) is 0 Å².